The van der Waals surface area contributed by atoms with Gasteiger partial charge in [0.05, 0.1) is 12.6 Å². The summed E-state index contributed by atoms with van der Waals surface area (Å²) < 4.78 is 0. The van der Waals surface area contributed by atoms with Gasteiger partial charge in [0.15, 0.2) is 0 Å². The molecule has 0 aliphatic heterocycles. The molecule has 1 aromatic carbocycles. The molecule has 2 rings (SSSR count). The van der Waals surface area contributed by atoms with Crippen molar-refractivity contribution in [3.05, 3.63) is 30.0 Å². The lowest BCUT2D eigenvalue weighted by Crippen LogP contribution is -2.41. The molecule has 0 aliphatic rings. The zero-order valence-corrected chi connectivity index (χ0v) is 11.1. The van der Waals surface area contributed by atoms with E-state index in [2.05, 4.69) is 10.3 Å². The van der Waals surface area contributed by atoms with Gasteiger partial charge in [0.25, 0.3) is 5.91 Å². The van der Waals surface area contributed by atoms with E-state index in [9.17, 15) is 9.90 Å². The summed E-state index contributed by atoms with van der Waals surface area (Å²) in [5.41, 5.74) is 7.70. The first-order chi connectivity index (χ1) is 9.01. The van der Waals surface area contributed by atoms with E-state index in [0.717, 1.165) is 10.9 Å². The number of benzene rings is 1. The highest BCUT2D eigenvalue weighted by molar-refractivity contribution is 5.98. The van der Waals surface area contributed by atoms with E-state index in [0.29, 0.717) is 11.4 Å². The van der Waals surface area contributed by atoms with Crippen LogP contribution < -0.4 is 11.1 Å². The van der Waals surface area contributed by atoms with Crippen molar-refractivity contribution in [1.29, 1.82) is 0 Å². The number of aromatic amines is 1. The number of nitrogen functional groups attached to an aromatic ring is 1. The number of hydrogen-bond acceptors (Lipinski definition) is 3. The molecular formula is C14H19N3O2. The van der Waals surface area contributed by atoms with Crippen LogP contribution in [0.2, 0.25) is 0 Å². The number of fused-ring (bicyclic) bond motifs is 1. The number of anilines is 1. The Labute approximate surface area is 111 Å². The molecule has 0 saturated heterocycles. The van der Waals surface area contributed by atoms with Crippen LogP contribution in [0.5, 0.6) is 0 Å². The molecule has 1 amide bonds. The highest BCUT2D eigenvalue weighted by Gasteiger charge is 2.17. The molecule has 19 heavy (non-hydrogen) atoms. The van der Waals surface area contributed by atoms with Crippen LogP contribution in [0.1, 0.15) is 24.3 Å². The molecule has 1 atom stereocenters. The molecular weight excluding hydrogens is 242 g/mol. The van der Waals surface area contributed by atoms with E-state index in [4.69, 9.17) is 5.73 Å². The lowest BCUT2D eigenvalue weighted by Gasteiger charge is -2.19. The molecule has 1 aromatic heterocycles. The average molecular weight is 261 g/mol. The smallest absolute Gasteiger partial charge is 0.268 e. The van der Waals surface area contributed by atoms with Gasteiger partial charge < -0.3 is 21.1 Å². The Hall–Kier alpha value is -2.01. The lowest BCUT2D eigenvalue weighted by molar-refractivity contribution is 0.0892. The van der Waals surface area contributed by atoms with Gasteiger partial charge in [0, 0.05) is 16.6 Å². The minimum Gasteiger partial charge on any atom is -0.399 e. The van der Waals surface area contributed by atoms with Crippen molar-refractivity contribution in [1.82, 2.24) is 10.3 Å². The van der Waals surface area contributed by atoms with Gasteiger partial charge in [-0.2, -0.15) is 0 Å². The number of H-pyrrole nitrogens is 1. The number of nitrogens with two attached hydrogens (primary N) is 1. The van der Waals surface area contributed by atoms with Gasteiger partial charge in [-0.3, -0.25) is 4.79 Å². The molecule has 5 heteroatoms. The van der Waals surface area contributed by atoms with Gasteiger partial charge in [0.2, 0.25) is 0 Å². The number of rotatable bonds is 4. The molecule has 2 aromatic rings. The summed E-state index contributed by atoms with van der Waals surface area (Å²) in [5.74, 6) is -0.0449. The Morgan fingerprint density at radius 3 is 2.79 bits per heavy atom. The second kappa shape index (κ2) is 5.32. The van der Waals surface area contributed by atoms with Gasteiger partial charge in [-0.15, -0.1) is 0 Å². The summed E-state index contributed by atoms with van der Waals surface area (Å²) >= 11 is 0. The maximum Gasteiger partial charge on any atom is 0.268 e. The zero-order valence-electron chi connectivity index (χ0n) is 11.1. The van der Waals surface area contributed by atoms with Crippen molar-refractivity contribution in [2.45, 2.75) is 19.9 Å². The van der Waals surface area contributed by atoms with E-state index in [-0.39, 0.29) is 24.5 Å². The maximum atomic E-state index is 12.1. The van der Waals surface area contributed by atoms with Gasteiger partial charge in [-0.1, -0.05) is 13.8 Å². The molecule has 1 unspecified atom stereocenters. The van der Waals surface area contributed by atoms with Gasteiger partial charge >= 0.3 is 0 Å². The lowest BCUT2D eigenvalue weighted by atomic mass is 10.1. The quantitative estimate of drug-likeness (QED) is 0.628. The first kappa shape index (κ1) is 13.4. The fraction of sp³-hybridized carbons (Fsp3) is 0.357. The predicted octanol–water partition coefficient (Wildman–Crippen LogP) is 1.50. The Balaban J connectivity index is 2.21. The van der Waals surface area contributed by atoms with Crippen LogP contribution in [-0.2, 0) is 0 Å². The van der Waals surface area contributed by atoms with E-state index < -0.39 is 0 Å². The highest BCUT2D eigenvalue weighted by atomic mass is 16.3. The van der Waals surface area contributed by atoms with Gasteiger partial charge in [-0.05, 0) is 30.2 Å². The topological polar surface area (TPSA) is 91.1 Å². The summed E-state index contributed by atoms with van der Waals surface area (Å²) in [6.07, 6.45) is 0. The average Bonchev–Trinajstić information content (AvgIpc) is 2.78. The van der Waals surface area contributed by atoms with Crippen LogP contribution in [0.3, 0.4) is 0 Å². The zero-order chi connectivity index (χ0) is 14.0. The fourth-order valence-electron chi connectivity index (χ4n) is 1.94. The van der Waals surface area contributed by atoms with E-state index in [1.807, 2.05) is 26.0 Å². The fourth-order valence-corrected chi connectivity index (χ4v) is 1.94. The molecule has 0 fully saturated rings. The molecule has 0 bridgehead atoms. The Morgan fingerprint density at radius 1 is 1.42 bits per heavy atom. The monoisotopic (exact) mass is 261 g/mol. The predicted molar refractivity (Wildman–Crippen MR) is 75.9 cm³/mol. The first-order valence-corrected chi connectivity index (χ1v) is 6.31. The summed E-state index contributed by atoms with van der Waals surface area (Å²) in [6.45, 7) is 3.83. The Bertz CT molecular complexity index is 589. The highest BCUT2D eigenvalue weighted by Crippen LogP contribution is 2.18. The third-order valence-electron chi connectivity index (χ3n) is 3.21. The van der Waals surface area contributed by atoms with Crippen molar-refractivity contribution in [2.75, 3.05) is 12.3 Å². The first-order valence-electron chi connectivity index (χ1n) is 6.31. The number of hydrogen-bond donors (Lipinski definition) is 4. The largest absolute Gasteiger partial charge is 0.399 e. The third-order valence-corrected chi connectivity index (χ3v) is 3.21. The molecule has 5 N–H and O–H groups in total. The summed E-state index contributed by atoms with van der Waals surface area (Å²) in [4.78, 5) is 15.1. The van der Waals surface area contributed by atoms with Crippen LogP contribution in [-0.4, -0.2) is 28.6 Å². The number of carbonyl (C=O) groups excluding carboxylic acids is 1. The third kappa shape index (κ3) is 2.88. The van der Waals surface area contributed by atoms with E-state index in [1.165, 1.54) is 0 Å². The molecule has 0 radical (unpaired) electrons. The van der Waals surface area contributed by atoms with Crippen molar-refractivity contribution >= 4 is 22.5 Å². The number of amides is 1. The molecule has 1 heterocycles. The molecule has 0 saturated carbocycles. The van der Waals surface area contributed by atoms with Crippen LogP contribution in [0.4, 0.5) is 5.69 Å². The normalized spacial score (nSPS) is 12.8. The van der Waals surface area contributed by atoms with Crippen molar-refractivity contribution in [3.63, 3.8) is 0 Å². The maximum absolute atomic E-state index is 12.1. The second-order valence-corrected chi connectivity index (χ2v) is 5.04. The van der Waals surface area contributed by atoms with Crippen molar-refractivity contribution in [2.24, 2.45) is 5.92 Å². The standard InChI is InChI=1S/C14H19N3O2/c1-8(2)13(7-18)17-14(19)12-6-9-5-10(15)3-4-11(9)16-12/h3-6,8,13,16,18H,7,15H2,1-2H3,(H,17,19). The Kier molecular flexibility index (Phi) is 3.76. The molecule has 0 spiro atoms. The van der Waals surface area contributed by atoms with Gasteiger partial charge in [-0.25, -0.2) is 0 Å². The number of aliphatic hydroxyl groups is 1. The summed E-state index contributed by atoms with van der Waals surface area (Å²) in [5, 5.41) is 12.9. The number of aromatic nitrogens is 1. The molecule has 102 valence electrons. The molecule has 5 nitrogen and oxygen atoms in total. The van der Waals surface area contributed by atoms with Crippen molar-refractivity contribution in [3.8, 4) is 0 Å². The van der Waals surface area contributed by atoms with E-state index >= 15 is 0 Å². The number of nitrogens with one attached hydrogen (secondary N) is 2. The van der Waals surface area contributed by atoms with Crippen LogP contribution >= 0.6 is 0 Å². The van der Waals surface area contributed by atoms with Crippen LogP contribution in [0.15, 0.2) is 24.3 Å². The summed E-state index contributed by atoms with van der Waals surface area (Å²) in [6, 6.07) is 6.95. The van der Waals surface area contributed by atoms with Crippen molar-refractivity contribution < 1.29 is 9.90 Å². The van der Waals surface area contributed by atoms with E-state index in [1.54, 1.807) is 12.1 Å². The minimum absolute atomic E-state index is 0.0728. The van der Waals surface area contributed by atoms with Crippen LogP contribution in [0.25, 0.3) is 10.9 Å². The second-order valence-electron chi connectivity index (χ2n) is 5.04. The van der Waals surface area contributed by atoms with Crippen LogP contribution in [0, 0.1) is 5.92 Å². The summed E-state index contributed by atoms with van der Waals surface area (Å²) in [7, 11) is 0. The number of carbonyl (C=O) groups is 1. The number of aliphatic hydroxyl groups excluding tert-OH is 1. The van der Waals surface area contributed by atoms with Gasteiger partial charge in [0.1, 0.15) is 5.69 Å². The molecule has 0 aliphatic carbocycles. The SMILES string of the molecule is CC(C)C(CO)NC(=O)c1cc2cc(N)ccc2[nH]1. The Morgan fingerprint density at radius 2 is 2.16 bits per heavy atom. The minimum atomic E-state index is -0.246.